The molecule has 0 aliphatic rings. The monoisotopic (exact) mass is 170 g/mol. The minimum atomic E-state index is -0.692. The molecule has 1 rings (SSSR count). The topological polar surface area (TPSA) is 20.2 Å². The summed E-state index contributed by atoms with van der Waals surface area (Å²) < 4.78 is 12.2. The van der Waals surface area contributed by atoms with E-state index in [1.165, 1.54) is 12.1 Å². The Morgan fingerprint density at radius 1 is 1.40 bits per heavy atom. The quantitative estimate of drug-likeness (QED) is 0.586. The van der Waals surface area contributed by atoms with Crippen molar-refractivity contribution >= 4 is 41.2 Å². The summed E-state index contributed by atoms with van der Waals surface area (Å²) in [6, 6.07) is 3.68. The molecule has 0 aliphatic heterocycles. The fourth-order valence-corrected chi connectivity index (χ4v) is 0.640. The molecular formula is C6H5ClFNaO. The second-order valence-electron chi connectivity index (χ2n) is 1.60. The molecule has 1 aromatic rings. The van der Waals surface area contributed by atoms with E-state index in [0.717, 1.165) is 6.07 Å². The standard InChI is InChI=1S/C6H4ClFO.Na.H/c7-4-1-2-6(9)5(8)3-4;;/h1-3,9H;;. The van der Waals surface area contributed by atoms with Crippen molar-refractivity contribution in [1.82, 2.24) is 0 Å². The van der Waals surface area contributed by atoms with Crippen LogP contribution >= 0.6 is 11.6 Å². The summed E-state index contributed by atoms with van der Waals surface area (Å²) in [4.78, 5) is 0. The van der Waals surface area contributed by atoms with Gasteiger partial charge < -0.3 is 5.11 Å². The molecule has 50 valence electrons. The van der Waals surface area contributed by atoms with E-state index in [2.05, 4.69) is 0 Å². The predicted molar refractivity (Wildman–Crippen MR) is 40.2 cm³/mol. The fourth-order valence-electron chi connectivity index (χ4n) is 0.481. The number of hydrogen-bond donors (Lipinski definition) is 1. The number of phenolic OH excluding ortho intramolecular Hbond substituents is 1. The molecule has 0 radical (unpaired) electrons. The maximum atomic E-state index is 12.2. The second kappa shape index (κ2) is 4.19. The van der Waals surface area contributed by atoms with Crippen molar-refractivity contribution in [3.8, 4) is 5.75 Å². The second-order valence-corrected chi connectivity index (χ2v) is 2.03. The molecule has 0 aliphatic carbocycles. The predicted octanol–water partition coefficient (Wildman–Crippen LogP) is 1.54. The third-order valence-electron chi connectivity index (χ3n) is 0.910. The van der Waals surface area contributed by atoms with E-state index in [1.54, 1.807) is 0 Å². The maximum absolute atomic E-state index is 12.2. The molecule has 0 amide bonds. The van der Waals surface area contributed by atoms with Crippen LogP contribution in [0.4, 0.5) is 4.39 Å². The van der Waals surface area contributed by atoms with Crippen molar-refractivity contribution in [2.75, 3.05) is 0 Å². The Kier molecular flexibility index (Phi) is 4.29. The Balaban J connectivity index is 0.000000810. The SMILES string of the molecule is Oc1ccc(Cl)cc1F.[NaH]. The summed E-state index contributed by atoms with van der Waals surface area (Å²) in [5, 5.41) is 8.89. The van der Waals surface area contributed by atoms with Crippen molar-refractivity contribution in [2.45, 2.75) is 0 Å². The minimum absolute atomic E-state index is 0. The summed E-state index contributed by atoms with van der Waals surface area (Å²) in [5.41, 5.74) is 0. The average Bonchev–Trinajstić information content (AvgIpc) is 1.80. The number of aromatic hydroxyl groups is 1. The molecule has 0 saturated carbocycles. The first-order valence-electron chi connectivity index (χ1n) is 2.34. The van der Waals surface area contributed by atoms with E-state index in [4.69, 9.17) is 16.7 Å². The Bertz CT molecular complexity index is 229. The average molecular weight is 171 g/mol. The molecule has 0 saturated heterocycles. The van der Waals surface area contributed by atoms with Crippen LogP contribution < -0.4 is 0 Å². The van der Waals surface area contributed by atoms with Gasteiger partial charge >= 0.3 is 29.6 Å². The van der Waals surface area contributed by atoms with Crippen LogP contribution in [0.15, 0.2) is 18.2 Å². The van der Waals surface area contributed by atoms with E-state index in [1.807, 2.05) is 0 Å². The molecule has 1 N–H and O–H groups in total. The Morgan fingerprint density at radius 3 is 2.40 bits per heavy atom. The van der Waals surface area contributed by atoms with Crippen molar-refractivity contribution in [2.24, 2.45) is 0 Å². The Labute approximate surface area is 85.1 Å². The van der Waals surface area contributed by atoms with Gasteiger partial charge in [0.25, 0.3) is 0 Å². The number of halogens is 2. The van der Waals surface area contributed by atoms with Crippen LogP contribution in [-0.4, -0.2) is 34.7 Å². The van der Waals surface area contributed by atoms with Gasteiger partial charge in [-0.15, -0.1) is 0 Å². The molecule has 0 atom stereocenters. The van der Waals surface area contributed by atoms with Gasteiger partial charge in [0, 0.05) is 5.02 Å². The van der Waals surface area contributed by atoms with E-state index in [-0.39, 0.29) is 40.3 Å². The van der Waals surface area contributed by atoms with Gasteiger partial charge in [0.1, 0.15) is 0 Å². The van der Waals surface area contributed by atoms with E-state index < -0.39 is 5.82 Å². The van der Waals surface area contributed by atoms with Gasteiger partial charge in [-0.25, -0.2) is 4.39 Å². The molecule has 10 heavy (non-hydrogen) atoms. The first kappa shape index (κ1) is 10.2. The molecule has 0 fully saturated rings. The first-order valence-corrected chi connectivity index (χ1v) is 2.72. The van der Waals surface area contributed by atoms with Gasteiger partial charge in [-0.2, -0.15) is 0 Å². The number of benzene rings is 1. The van der Waals surface area contributed by atoms with Crippen LogP contribution in [0.5, 0.6) is 5.75 Å². The van der Waals surface area contributed by atoms with Crippen LogP contribution in [0.1, 0.15) is 0 Å². The molecule has 0 unspecified atom stereocenters. The molecule has 0 heterocycles. The molecule has 1 nitrogen and oxygen atoms in total. The van der Waals surface area contributed by atoms with Crippen LogP contribution in [0.3, 0.4) is 0 Å². The molecule has 0 bridgehead atoms. The molecule has 0 aromatic heterocycles. The van der Waals surface area contributed by atoms with Crippen LogP contribution in [0.2, 0.25) is 5.02 Å². The van der Waals surface area contributed by atoms with Gasteiger partial charge in [0.05, 0.1) is 0 Å². The van der Waals surface area contributed by atoms with Crippen molar-refractivity contribution < 1.29 is 9.50 Å². The zero-order valence-corrected chi connectivity index (χ0v) is 5.19. The molecular weight excluding hydrogens is 166 g/mol. The van der Waals surface area contributed by atoms with Crippen LogP contribution in [0, 0.1) is 5.82 Å². The van der Waals surface area contributed by atoms with Gasteiger partial charge in [-0.05, 0) is 18.2 Å². The number of phenols is 1. The van der Waals surface area contributed by atoms with Crippen LogP contribution in [-0.2, 0) is 0 Å². The molecule has 4 heteroatoms. The van der Waals surface area contributed by atoms with Gasteiger partial charge in [-0.3, -0.25) is 0 Å². The first-order chi connectivity index (χ1) is 4.20. The van der Waals surface area contributed by atoms with Crippen molar-refractivity contribution in [3.05, 3.63) is 29.0 Å². The zero-order chi connectivity index (χ0) is 6.85. The van der Waals surface area contributed by atoms with E-state index >= 15 is 0 Å². The number of hydrogen-bond acceptors (Lipinski definition) is 1. The molecule has 0 spiro atoms. The fraction of sp³-hybridized carbons (Fsp3) is 0. The Morgan fingerprint density at radius 2 is 2.00 bits per heavy atom. The number of rotatable bonds is 0. The van der Waals surface area contributed by atoms with E-state index in [9.17, 15) is 4.39 Å². The summed E-state index contributed by atoms with van der Waals surface area (Å²) in [7, 11) is 0. The third kappa shape index (κ3) is 2.46. The van der Waals surface area contributed by atoms with Crippen molar-refractivity contribution in [1.29, 1.82) is 0 Å². The zero-order valence-electron chi connectivity index (χ0n) is 4.44. The van der Waals surface area contributed by atoms with Gasteiger partial charge in [-0.1, -0.05) is 11.6 Å². The molecule has 1 aromatic carbocycles. The summed E-state index contributed by atoms with van der Waals surface area (Å²) in [6.45, 7) is 0. The van der Waals surface area contributed by atoms with E-state index in [0.29, 0.717) is 0 Å². The van der Waals surface area contributed by atoms with Gasteiger partial charge in [0.2, 0.25) is 0 Å². The normalized spacial score (nSPS) is 8.60. The summed E-state index contributed by atoms with van der Waals surface area (Å²) in [6.07, 6.45) is 0. The van der Waals surface area contributed by atoms with Gasteiger partial charge in [0.15, 0.2) is 11.6 Å². The van der Waals surface area contributed by atoms with Crippen molar-refractivity contribution in [3.63, 3.8) is 0 Å². The Hall–Kier alpha value is 0.240. The third-order valence-corrected chi connectivity index (χ3v) is 1.14. The summed E-state index contributed by atoms with van der Waals surface area (Å²) in [5.74, 6) is -1.07. The summed E-state index contributed by atoms with van der Waals surface area (Å²) >= 11 is 5.37. The van der Waals surface area contributed by atoms with Crippen LogP contribution in [0.25, 0.3) is 0 Å².